The van der Waals surface area contributed by atoms with Crippen molar-refractivity contribution >= 4 is 16.9 Å². The molecule has 1 aromatic heterocycles. The summed E-state index contributed by atoms with van der Waals surface area (Å²) in [4.78, 5) is 15.3. The van der Waals surface area contributed by atoms with Crippen LogP contribution in [0.25, 0.3) is 11.0 Å². The average Bonchev–Trinajstić information content (AvgIpc) is 3.16. The van der Waals surface area contributed by atoms with Crippen LogP contribution in [0, 0.1) is 5.92 Å². The lowest BCUT2D eigenvalue weighted by atomic mass is 9.78. The first kappa shape index (κ1) is 17.4. The van der Waals surface area contributed by atoms with Crippen LogP contribution in [0.5, 0.6) is 0 Å². The van der Waals surface area contributed by atoms with Crippen LogP contribution in [0.15, 0.2) is 48.5 Å². The van der Waals surface area contributed by atoms with Crippen molar-refractivity contribution in [2.75, 3.05) is 6.54 Å². The quantitative estimate of drug-likeness (QED) is 0.688. The lowest BCUT2D eigenvalue weighted by Gasteiger charge is -2.44. The number of para-hydroxylation sites is 1. The molecular weight excluding hydrogens is 348 g/mol. The first-order chi connectivity index (χ1) is 13.8. The Balaban J connectivity index is 1.32. The van der Waals surface area contributed by atoms with Gasteiger partial charge in [-0.2, -0.15) is 0 Å². The smallest absolute Gasteiger partial charge is 0.254 e. The van der Waals surface area contributed by atoms with Gasteiger partial charge in [0.25, 0.3) is 5.91 Å². The van der Waals surface area contributed by atoms with E-state index in [1.54, 1.807) is 0 Å². The van der Waals surface area contributed by atoms with Crippen LogP contribution in [-0.4, -0.2) is 38.4 Å². The summed E-state index contributed by atoms with van der Waals surface area (Å²) in [6, 6.07) is 16.5. The van der Waals surface area contributed by atoms with Crippen molar-refractivity contribution in [2.45, 2.75) is 51.1 Å². The molecule has 0 spiro atoms. The number of rotatable bonds is 3. The zero-order valence-corrected chi connectivity index (χ0v) is 16.1. The number of aromatic nitrogens is 3. The van der Waals surface area contributed by atoms with Gasteiger partial charge in [-0.15, -0.1) is 5.10 Å². The van der Waals surface area contributed by atoms with Gasteiger partial charge in [0.15, 0.2) is 0 Å². The van der Waals surface area contributed by atoms with E-state index in [-0.39, 0.29) is 5.91 Å². The largest absolute Gasteiger partial charge is 0.335 e. The molecule has 2 atom stereocenters. The number of carbonyl (C=O) groups excluding carboxylic acids is 1. The van der Waals surface area contributed by atoms with Gasteiger partial charge in [0.05, 0.1) is 12.1 Å². The maximum Gasteiger partial charge on any atom is 0.254 e. The fourth-order valence-corrected chi connectivity index (χ4v) is 5.00. The molecule has 5 nitrogen and oxygen atoms in total. The Morgan fingerprint density at radius 1 is 0.964 bits per heavy atom. The molecule has 3 aromatic rings. The minimum atomic E-state index is 0.203. The first-order valence-electron chi connectivity index (χ1n) is 10.5. The second kappa shape index (κ2) is 7.38. The number of hydrogen-bond acceptors (Lipinski definition) is 3. The van der Waals surface area contributed by atoms with Crippen molar-refractivity contribution in [3.8, 4) is 0 Å². The monoisotopic (exact) mass is 374 g/mol. The van der Waals surface area contributed by atoms with Gasteiger partial charge >= 0.3 is 0 Å². The van der Waals surface area contributed by atoms with E-state index < -0.39 is 0 Å². The molecule has 2 aromatic carbocycles. The standard InChI is InChI=1S/C23H26N4O/c28-23(26-15-5-7-18-6-1-3-9-21(18)26)19-13-11-17(12-14-19)16-27-22-10-4-2-8-20(22)24-25-27/h2,4,8,10-14,18,21H,1,3,5-7,9,15-16H2/t18-,21+/m1/s1. The Bertz CT molecular complexity index is 976. The molecule has 2 aliphatic rings. The summed E-state index contributed by atoms with van der Waals surface area (Å²) in [5, 5.41) is 8.47. The predicted octanol–water partition coefficient (Wildman–Crippen LogP) is 4.27. The number of likely N-dealkylation sites (tertiary alicyclic amines) is 1. The van der Waals surface area contributed by atoms with Crippen molar-refractivity contribution in [1.82, 2.24) is 19.9 Å². The summed E-state index contributed by atoms with van der Waals surface area (Å²) >= 11 is 0. The fraction of sp³-hybridized carbons (Fsp3) is 0.435. The van der Waals surface area contributed by atoms with Crippen LogP contribution in [-0.2, 0) is 6.54 Å². The summed E-state index contributed by atoms with van der Waals surface area (Å²) in [6.07, 6.45) is 7.49. The Morgan fingerprint density at radius 2 is 1.75 bits per heavy atom. The van der Waals surface area contributed by atoms with E-state index >= 15 is 0 Å². The van der Waals surface area contributed by atoms with Crippen LogP contribution in [0.3, 0.4) is 0 Å². The molecule has 2 fully saturated rings. The second-order valence-corrected chi connectivity index (χ2v) is 8.19. The topological polar surface area (TPSA) is 51.0 Å². The molecule has 0 bridgehead atoms. The Kier molecular flexibility index (Phi) is 4.59. The van der Waals surface area contributed by atoms with E-state index in [1.165, 1.54) is 32.1 Å². The van der Waals surface area contributed by atoms with Crippen LogP contribution >= 0.6 is 0 Å². The van der Waals surface area contributed by atoms with Gasteiger partial charge in [0.2, 0.25) is 0 Å². The normalized spacial score (nSPS) is 22.2. The number of hydrogen-bond donors (Lipinski definition) is 0. The summed E-state index contributed by atoms with van der Waals surface area (Å²) in [5.74, 6) is 0.917. The highest BCUT2D eigenvalue weighted by atomic mass is 16.2. The predicted molar refractivity (Wildman–Crippen MR) is 109 cm³/mol. The molecule has 5 rings (SSSR count). The number of carbonyl (C=O) groups is 1. The third kappa shape index (κ3) is 3.19. The highest BCUT2D eigenvalue weighted by Gasteiger charge is 2.35. The maximum absolute atomic E-state index is 13.2. The molecule has 144 valence electrons. The maximum atomic E-state index is 13.2. The summed E-state index contributed by atoms with van der Waals surface area (Å²) in [7, 11) is 0. The van der Waals surface area contributed by atoms with Crippen LogP contribution in [0.1, 0.15) is 54.4 Å². The van der Waals surface area contributed by atoms with E-state index in [1.807, 2.05) is 53.2 Å². The van der Waals surface area contributed by atoms with E-state index in [0.29, 0.717) is 18.5 Å². The Morgan fingerprint density at radius 3 is 2.64 bits per heavy atom. The highest BCUT2D eigenvalue weighted by Crippen LogP contribution is 2.35. The minimum Gasteiger partial charge on any atom is -0.335 e. The molecular formula is C23H26N4O. The van der Waals surface area contributed by atoms with Crippen molar-refractivity contribution in [1.29, 1.82) is 0 Å². The molecule has 1 saturated carbocycles. The molecule has 0 unspecified atom stereocenters. The average molecular weight is 374 g/mol. The Labute approximate surface area is 165 Å². The van der Waals surface area contributed by atoms with Gasteiger partial charge in [0.1, 0.15) is 5.52 Å². The summed E-state index contributed by atoms with van der Waals surface area (Å²) < 4.78 is 1.91. The van der Waals surface area contributed by atoms with Crippen molar-refractivity contribution in [2.24, 2.45) is 5.92 Å². The van der Waals surface area contributed by atoms with E-state index in [9.17, 15) is 4.79 Å². The van der Waals surface area contributed by atoms with Crippen LogP contribution < -0.4 is 0 Å². The second-order valence-electron chi connectivity index (χ2n) is 8.19. The number of fused-ring (bicyclic) bond motifs is 2. The molecule has 1 aliphatic carbocycles. The van der Waals surface area contributed by atoms with E-state index in [2.05, 4.69) is 15.2 Å². The van der Waals surface area contributed by atoms with Gasteiger partial charge in [0, 0.05) is 18.2 Å². The van der Waals surface area contributed by atoms with Crippen molar-refractivity contribution in [3.05, 3.63) is 59.7 Å². The van der Waals surface area contributed by atoms with Gasteiger partial charge < -0.3 is 4.90 Å². The van der Waals surface area contributed by atoms with E-state index in [4.69, 9.17) is 0 Å². The third-order valence-corrected chi connectivity index (χ3v) is 6.46. The van der Waals surface area contributed by atoms with Gasteiger partial charge in [-0.05, 0) is 61.4 Å². The summed E-state index contributed by atoms with van der Waals surface area (Å²) in [5.41, 5.74) is 3.86. The molecule has 1 amide bonds. The third-order valence-electron chi connectivity index (χ3n) is 6.46. The van der Waals surface area contributed by atoms with Gasteiger partial charge in [-0.1, -0.05) is 42.3 Å². The fourth-order valence-electron chi connectivity index (χ4n) is 5.00. The number of piperidine rings is 1. The van der Waals surface area contributed by atoms with Crippen molar-refractivity contribution in [3.63, 3.8) is 0 Å². The van der Waals surface area contributed by atoms with Gasteiger partial charge in [-0.25, -0.2) is 4.68 Å². The molecule has 1 aliphatic heterocycles. The van der Waals surface area contributed by atoms with E-state index in [0.717, 1.165) is 35.1 Å². The molecule has 28 heavy (non-hydrogen) atoms. The SMILES string of the molecule is O=C(c1ccc(Cn2nnc3ccccc32)cc1)N1CCC[C@H]2CCCC[C@@H]21. The first-order valence-corrected chi connectivity index (χ1v) is 10.5. The minimum absolute atomic E-state index is 0.203. The molecule has 0 N–H and O–H groups in total. The van der Waals surface area contributed by atoms with Crippen LogP contribution in [0.2, 0.25) is 0 Å². The lowest BCUT2D eigenvalue weighted by molar-refractivity contribution is 0.0390. The Hall–Kier alpha value is -2.69. The highest BCUT2D eigenvalue weighted by molar-refractivity contribution is 5.94. The molecule has 0 radical (unpaired) electrons. The number of amides is 1. The molecule has 5 heteroatoms. The summed E-state index contributed by atoms with van der Waals surface area (Å²) in [6.45, 7) is 1.57. The van der Waals surface area contributed by atoms with Crippen molar-refractivity contribution < 1.29 is 4.79 Å². The number of benzene rings is 2. The molecule has 2 heterocycles. The van der Waals surface area contributed by atoms with Gasteiger partial charge in [-0.3, -0.25) is 4.79 Å². The zero-order valence-electron chi connectivity index (χ0n) is 16.1. The zero-order chi connectivity index (χ0) is 18.9. The molecule has 1 saturated heterocycles. The lowest BCUT2D eigenvalue weighted by Crippen LogP contribution is -2.49. The number of nitrogens with zero attached hydrogens (tertiary/aromatic N) is 4. The van der Waals surface area contributed by atoms with Crippen LogP contribution in [0.4, 0.5) is 0 Å².